The minimum Gasteiger partial charge on any atom is -0.379 e. The molecule has 0 saturated carbocycles. The molecule has 8 heteroatoms. The fourth-order valence-corrected chi connectivity index (χ4v) is 3.26. The Morgan fingerprint density at radius 3 is 2.80 bits per heavy atom. The number of benzene rings is 1. The zero-order valence-electron chi connectivity index (χ0n) is 10.8. The maximum absolute atomic E-state index is 14.5. The first-order chi connectivity index (χ1) is 9.25. The molecule has 0 spiro atoms. The van der Waals surface area contributed by atoms with Crippen LogP contribution in [0.2, 0.25) is 0 Å². The number of nitrogens with two attached hydrogens (primary N) is 1. The van der Waals surface area contributed by atoms with Gasteiger partial charge in [-0.1, -0.05) is 11.8 Å². The highest BCUT2D eigenvalue weighted by molar-refractivity contribution is 8.14. The molecule has 1 heterocycles. The van der Waals surface area contributed by atoms with Crippen molar-refractivity contribution in [1.82, 2.24) is 0 Å². The van der Waals surface area contributed by atoms with Crippen molar-refractivity contribution < 1.29 is 13.7 Å². The van der Waals surface area contributed by atoms with Crippen molar-refractivity contribution in [1.29, 1.82) is 0 Å². The normalized spacial score (nSPS) is 29.9. The van der Waals surface area contributed by atoms with E-state index in [0.29, 0.717) is 0 Å². The molecule has 2 rings (SSSR count). The van der Waals surface area contributed by atoms with Crippen LogP contribution in [0.5, 0.6) is 0 Å². The Hall–Kier alpha value is -1.70. The molecule has 20 heavy (non-hydrogen) atoms. The third-order valence-corrected chi connectivity index (χ3v) is 4.25. The number of aliphatic imine (C=N–C) groups is 1. The van der Waals surface area contributed by atoms with Gasteiger partial charge < -0.3 is 5.73 Å². The Morgan fingerprint density at radius 1 is 1.55 bits per heavy atom. The Labute approximate surface area is 118 Å². The van der Waals surface area contributed by atoms with Gasteiger partial charge in [0.05, 0.1) is 4.92 Å². The second-order valence-electron chi connectivity index (χ2n) is 4.74. The van der Waals surface area contributed by atoms with Gasteiger partial charge in [0.25, 0.3) is 5.69 Å². The monoisotopic (exact) mass is 301 g/mol. The van der Waals surface area contributed by atoms with Gasteiger partial charge in [0.15, 0.2) is 5.17 Å². The average molecular weight is 301 g/mol. The first-order valence-electron chi connectivity index (χ1n) is 5.86. The van der Waals surface area contributed by atoms with E-state index in [1.807, 2.05) is 0 Å². The molecule has 1 aromatic rings. The summed E-state index contributed by atoms with van der Waals surface area (Å²) in [5.41, 5.74) is 3.60. The van der Waals surface area contributed by atoms with Crippen LogP contribution < -0.4 is 5.73 Å². The summed E-state index contributed by atoms with van der Waals surface area (Å²) in [6, 6.07) is 2.99. The Morgan fingerprint density at radius 2 is 2.20 bits per heavy atom. The third-order valence-electron chi connectivity index (χ3n) is 3.30. The lowest BCUT2D eigenvalue weighted by molar-refractivity contribution is -0.385. The zero-order chi connectivity index (χ0) is 15.1. The SMILES string of the molecule is C[C@H]1SC(N)=N[C@](C)(c2cc([N+](=O)[O-])ccc2F)[C@H]1F. The average Bonchev–Trinajstić information content (AvgIpc) is 2.35. The molecule has 1 aliphatic heterocycles. The highest BCUT2D eigenvalue weighted by Gasteiger charge is 2.45. The fourth-order valence-electron chi connectivity index (χ4n) is 2.25. The van der Waals surface area contributed by atoms with Crippen LogP contribution in [0.1, 0.15) is 19.4 Å². The molecule has 1 aliphatic rings. The van der Waals surface area contributed by atoms with Crippen molar-refractivity contribution in [3.63, 3.8) is 0 Å². The number of non-ortho nitro benzene ring substituents is 1. The molecule has 2 N–H and O–H groups in total. The number of hydrogen-bond donors (Lipinski definition) is 1. The van der Waals surface area contributed by atoms with E-state index in [1.54, 1.807) is 6.92 Å². The summed E-state index contributed by atoms with van der Waals surface area (Å²) in [5, 5.41) is 10.4. The number of alkyl halides is 1. The van der Waals surface area contributed by atoms with Crippen LogP contribution in [-0.2, 0) is 5.54 Å². The van der Waals surface area contributed by atoms with Crippen molar-refractivity contribution >= 4 is 22.6 Å². The van der Waals surface area contributed by atoms with Crippen molar-refractivity contribution in [2.45, 2.75) is 30.8 Å². The number of nitrogens with zero attached hydrogens (tertiary/aromatic N) is 2. The van der Waals surface area contributed by atoms with Gasteiger partial charge in [-0.25, -0.2) is 13.8 Å². The molecule has 3 atom stereocenters. The third kappa shape index (κ3) is 2.35. The molecule has 0 saturated heterocycles. The maximum Gasteiger partial charge on any atom is 0.270 e. The smallest absolute Gasteiger partial charge is 0.270 e. The molecular weight excluding hydrogens is 288 g/mol. The molecule has 0 aromatic heterocycles. The topological polar surface area (TPSA) is 81.5 Å². The molecule has 0 unspecified atom stereocenters. The number of halogens is 2. The standard InChI is InChI=1S/C12H13F2N3O2S/c1-6-10(14)12(2,16-11(15)20-6)8-5-7(17(18)19)3-4-9(8)13/h3-6,10H,1-2H3,(H2,15,16)/t6-,10+,12-/m1/s1. The molecule has 0 aliphatic carbocycles. The highest BCUT2D eigenvalue weighted by Crippen LogP contribution is 2.42. The van der Waals surface area contributed by atoms with Crippen LogP contribution in [0.15, 0.2) is 23.2 Å². The van der Waals surface area contributed by atoms with Crippen molar-refractivity contribution in [2.24, 2.45) is 10.7 Å². The lowest BCUT2D eigenvalue weighted by Gasteiger charge is -2.36. The molecule has 0 fully saturated rings. The van der Waals surface area contributed by atoms with Gasteiger partial charge in [0, 0.05) is 22.9 Å². The molecule has 5 nitrogen and oxygen atoms in total. The van der Waals surface area contributed by atoms with Crippen LogP contribution >= 0.6 is 11.8 Å². The van der Waals surface area contributed by atoms with Crippen LogP contribution in [0, 0.1) is 15.9 Å². The minimum atomic E-state index is -1.56. The predicted molar refractivity (Wildman–Crippen MR) is 74.0 cm³/mol. The molecular formula is C12H13F2N3O2S. The van der Waals surface area contributed by atoms with Crippen molar-refractivity contribution in [2.75, 3.05) is 0 Å². The molecule has 0 amide bonds. The van der Waals surface area contributed by atoms with E-state index in [0.717, 1.165) is 30.0 Å². The summed E-state index contributed by atoms with van der Waals surface area (Å²) in [5.74, 6) is -0.739. The number of nitro groups is 1. The Balaban J connectivity index is 2.61. The van der Waals surface area contributed by atoms with Gasteiger partial charge in [0.1, 0.15) is 17.5 Å². The van der Waals surface area contributed by atoms with Gasteiger partial charge in [-0.05, 0) is 19.9 Å². The van der Waals surface area contributed by atoms with Crippen LogP contribution in [-0.4, -0.2) is 21.5 Å². The molecule has 1 aromatic carbocycles. The second-order valence-corrected chi connectivity index (χ2v) is 6.14. The molecule has 0 bridgehead atoms. The predicted octanol–water partition coefficient (Wildman–Crippen LogP) is 2.74. The zero-order valence-corrected chi connectivity index (χ0v) is 11.7. The summed E-state index contributed by atoms with van der Waals surface area (Å²) in [6.07, 6.45) is -1.50. The van der Waals surface area contributed by atoms with Gasteiger partial charge >= 0.3 is 0 Å². The van der Waals surface area contributed by atoms with Gasteiger partial charge in [-0.15, -0.1) is 0 Å². The van der Waals surface area contributed by atoms with Crippen LogP contribution in [0.4, 0.5) is 14.5 Å². The summed E-state index contributed by atoms with van der Waals surface area (Å²) < 4.78 is 28.5. The van der Waals surface area contributed by atoms with E-state index in [4.69, 9.17) is 5.73 Å². The van der Waals surface area contributed by atoms with Crippen LogP contribution in [0.3, 0.4) is 0 Å². The number of hydrogen-bond acceptors (Lipinski definition) is 5. The summed E-state index contributed by atoms with van der Waals surface area (Å²) in [4.78, 5) is 14.1. The minimum absolute atomic E-state index is 0.139. The summed E-state index contributed by atoms with van der Waals surface area (Å²) in [6.45, 7) is 3.01. The summed E-state index contributed by atoms with van der Waals surface area (Å²) >= 11 is 1.06. The maximum atomic E-state index is 14.5. The van der Waals surface area contributed by atoms with Gasteiger partial charge in [-0.3, -0.25) is 10.1 Å². The van der Waals surface area contributed by atoms with Gasteiger partial charge in [-0.2, -0.15) is 0 Å². The van der Waals surface area contributed by atoms with Gasteiger partial charge in [0.2, 0.25) is 0 Å². The number of thioether (sulfide) groups is 1. The van der Waals surface area contributed by atoms with E-state index in [2.05, 4.69) is 4.99 Å². The Bertz CT molecular complexity index is 596. The number of amidine groups is 1. The lowest BCUT2D eigenvalue weighted by atomic mass is 9.85. The Kier molecular flexibility index (Phi) is 3.68. The van der Waals surface area contributed by atoms with Crippen molar-refractivity contribution in [3.05, 3.63) is 39.7 Å². The van der Waals surface area contributed by atoms with E-state index in [-0.39, 0.29) is 16.4 Å². The van der Waals surface area contributed by atoms with Crippen LogP contribution in [0.25, 0.3) is 0 Å². The van der Waals surface area contributed by atoms with E-state index >= 15 is 0 Å². The quantitative estimate of drug-likeness (QED) is 0.672. The highest BCUT2D eigenvalue weighted by atomic mass is 32.2. The lowest BCUT2D eigenvalue weighted by Crippen LogP contribution is -2.44. The van der Waals surface area contributed by atoms with E-state index < -0.39 is 27.7 Å². The second kappa shape index (κ2) is 5.01. The summed E-state index contributed by atoms with van der Waals surface area (Å²) in [7, 11) is 0. The fraction of sp³-hybridized carbons (Fsp3) is 0.417. The number of rotatable bonds is 2. The molecule has 0 radical (unpaired) electrons. The first kappa shape index (κ1) is 14.7. The molecule has 108 valence electrons. The number of nitro benzene ring substituents is 1. The van der Waals surface area contributed by atoms with Crippen molar-refractivity contribution in [3.8, 4) is 0 Å². The first-order valence-corrected chi connectivity index (χ1v) is 6.74. The largest absolute Gasteiger partial charge is 0.379 e. The van der Waals surface area contributed by atoms with E-state index in [1.165, 1.54) is 6.92 Å². The van der Waals surface area contributed by atoms with E-state index in [9.17, 15) is 18.9 Å².